The van der Waals surface area contributed by atoms with Gasteiger partial charge in [-0.15, -0.1) is 0 Å². The minimum absolute atomic E-state index is 0.0262. The fourth-order valence-electron chi connectivity index (χ4n) is 4.25. The van der Waals surface area contributed by atoms with Crippen LogP contribution in [0.3, 0.4) is 0 Å². The van der Waals surface area contributed by atoms with E-state index in [1.54, 1.807) is 0 Å². The normalized spacial score (nSPS) is 13.1. The fourth-order valence-corrected chi connectivity index (χ4v) is 4.25. The van der Waals surface area contributed by atoms with E-state index in [-0.39, 0.29) is 12.6 Å². The molecule has 0 amide bonds. The van der Waals surface area contributed by atoms with Crippen LogP contribution in [-0.4, -0.2) is 41.6 Å². The van der Waals surface area contributed by atoms with Crippen LogP contribution in [0.2, 0.25) is 0 Å². The molecular weight excluding hydrogens is 416 g/mol. The number of hydrogen-bond donors (Lipinski definition) is 2. The van der Waals surface area contributed by atoms with Gasteiger partial charge in [0.2, 0.25) is 0 Å². The minimum atomic E-state index is -1.29. The van der Waals surface area contributed by atoms with Crippen molar-refractivity contribution in [3.63, 3.8) is 0 Å². The Morgan fingerprint density at radius 3 is 1.94 bits per heavy atom. The van der Waals surface area contributed by atoms with E-state index in [0.29, 0.717) is 38.2 Å². The Morgan fingerprint density at radius 1 is 0.818 bits per heavy atom. The summed E-state index contributed by atoms with van der Waals surface area (Å²) >= 11 is 0. The van der Waals surface area contributed by atoms with E-state index in [1.807, 2.05) is 31.2 Å². The van der Waals surface area contributed by atoms with Gasteiger partial charge in [0.1, 0.15) is 24.8 Å². The van der Waals surface area contributed by atoms with E-state index < -0.39 is 5.60 Å². The number of carbonyl (C=O) groups is 1. The van der Waals surface area contributed by atoms with Gasteiger partial charge in [-0.1, -0.05) is 96.6 Å². The van der Waals surface area contributed by atoms with Crippen LogP contribution < -0.4 is 4.74 Å². The number of aliphatic hydroxyl groups is 2. The number of carbonyl (C=O) groups excluding carboxylic acids is 1. The van der Waals surface area contributed by atoms with Crippen molar-refractivity contribution >= 4 is 5.78 Å². The van der Waals surface area contributed by atoms with E-state index in [9.17, 15) is 9.90 Å². The number of aliphatic hydroxyl groups excluding tert-OH is 1. The van der Waals surface area contributed by atoms with Crippen molar-refractivity contribution in [1.82, 2.24) is 0 Å². The van der Waals surface area contributed by atoms with E-state index in [4.69, 9.17) is 14.6 Å². The highest BCUT2D eigenvalue weighted by molar-refractivity contribution is 5.87. The van der Waals surface area contributed by atoms with Crippen LogP contribution in [0.4, 0.5) is 0 Å². The van der Waals surface area contributed by atoms with E-state index in [2.05, 4.69) is 6.92 Å². The molecule has 1 aromatic carbocycles. The second kappa shape index (κ2) is 18.9. The Kier molecular flexibility index (Phi) is 17.0. The SMILES string of the molecule is CCCCCCCCCCCCCC(=O)C(O)(CCC)Cc1ccc(OCCOCO)cc1. The molecule has 0 fully saturated rings. The zero-order chi connectivity index (χ0) is 24.2. The largest absolute Gasteiger partial charge is 0.491 e. The van der Waals surface area contributed by atoms with Crippen molar-refractivity contribution in [3.05, 3.63) is 29.8 Å². The first-order valence-corrected chi connectivity index (χ1v) is 13.2. The molecule has 1 atom stereocenters. The van der Waals surface area contributed by atoms with Crippen LogP contribution in [0.15, 0.2) is 24.3 Å². The third-order valence-corrected chi connectivity index (χ3v) is 6.20. The van der Waals surface area contributed by atoms with Gasteiger partial charge in [-0.05, 0) is 30.5 Å². The number of ether oxygens (including phenoxy) is 2. The first-order chi connectivity index (χ1) is 16.1. The Bertz CT molecular complexity index is 601. The second-order valence-corrected chi connectivity index (χ2v) is 9.20. The molecule has 0 aromatic heterocycles. The number of ketones is 1. The number of benzene rings is 1. The third kappa shape index (κ3) is 13.8. The minimum Gasteiger partial charge on any atom is -0.491 e. The lowest BCUT2D eigenvalue weighted by atomic mass is 9.84. The van der Waals surface area contributed by atoms with Crippen molar-refractivity contribution in [2.24, 2.45) is 0 Å². The van der Waals surface area contributed by atoms with Gasteiger partial charge in [0.15, 0.2) is 5.78 Å². The smallest absolute Gasteiger partial charge is 0.164 e. The van der Waals surface area contributed by atoms with Crippen LogP contribution >= 0.6 is 0 Å². The predicted octanol–water partition coefficient (Wildman–Crippen LogP) is 6.38. The molecule has 1 unspecified atom stereocenters. The molecule has 33 heavy (non-hydrogen) atoms. The summed E-state index contributed by atoms with van der Waals surface area (Å²) in [7, 11) is 0. The lowest BCUT2D eigenvalue weighted by Crippen LogP contribution is -2.40. The molecule has 0 saturated heterocycles. The van der Waals surface area contributed by atoms with Crippen LogP contribution in [0, 0.1) is 0 Å². The molecule has 190 valence electrons. The van der Waals surface area contributed by atoms with E-state index in [0.717, 1.165) is 24.8 Å². The van der Waals surface area contributed by atoms with Crippen LogP contribution in [0.5, 0.6) is 5.75 Å². The quantitative estimate of drug-likeness (QED) is 0.154. The van der Waals surface area contributed by atoms with Gasteiger partial charge in [0.05, 0.1) is 6.61 Å². The zero-order valence-electron chi connectivity index (χ0n) is 21.2. The summed E-state index contributed by atoms with van der Waals surface area (Å²) in [6, 6.07) is 7.49. The molecular formula is C28H48O5. The molecule has 2 N–H and O–H groups in total. The molecule has 1 aromatic rings. The Morgan fingerprint density at radius 2 is 1.39 bits per heavy atom. The highest BCUT2D eigenvalue weighted by Gasteiger charge is 2.34. The molecule has 0 radical (unpaired) electrons. The molecule has 5 nitrogen and oxygen atoms in total. The maximum atomic E-state index is 12.9. The maximum Gasteiger partial charge on any atom is 0.164 e. The molecule has 0 bridgehead atoms. The van der Waals surface area contributed by atoms with Crippen LogP contribution in [0.1, 0.15) is 109 Å². The highest BCUT2D eigenvalue weighted by atomic mass is 16.6. The lowest BCUT2D eigenvalue weighted by molar-refractivity contribution is -0.138. The van der Waals surface area contributed by atoms with Crippen molar-refractivity contribution in [3.8, 4) is 5.75 Å². The van der Waals surface area contributed by atoms with Crippen molar-refractivity contribution in [2.45, 2.75) is 116 Å². The standard InChI is InChI=1S/C28H48O5/c1-3-5-6-7-8-9-10-11-12-13-14-15-27(30)28(31,20-4-2)23-25-16-18-26(19-17-25)33-22-21-32-24-29/h16-19,29,31H,3-15,20-24H2,1-2H3. The van der Waals surface area contributed by atoms with Crippen LogP contribution in [-0.2, 0) is 16.0 Å². The average molecular weight is 465 g/mol. The molecule has 0 aliphatic heterocycles. The van der Waals surface area contributed by atoms with Gasteiger partial charge in [-0.2, -0.15) is 0 Å². The average Bonchev–Trinajstić information content (AvgIpc) is 2.81. The summed E-state index contributed by atoms with van der Waals surface area (Å²) in [5.41, 5.74) is -0.359. The monoisotopic (exact) mass is 464 g/mol. The van der Waals surface area contributed by atoms with E-state index >= 15 is 0 Å². The summed E-state index contributed by atoms with van der Waals surface area (Å²) in [6.07, 6.45) is 15.8. The lowest BCUT2D eigenvalue weighted by Gasteiger charge is -2.27. The summed E-state index contributed by atoms with van der Waals surface area (Å²) < 4.78 is 10.4. The van der Waals surface area contributed by atoms with Gasteiger partial charge in [0.25, 0.3) is 0 Å². The Hall–Kier alpha value is -1.43. The third-order valence-electron chi connectivity index (χ3n) is 6.20. The first-order valence-electron chi connectivity index (χ1n) is 13.2. The summed E-state index contributed by atoms with van der Waals surface area (Å²) in [6.45, 7) is 4.62. The van der Waals surface area contributed by atoms with Crippen molar-refractivity contribution in [2.75, 3.05) is 20.0 Å². The van der Waals surface area contributed by atoms with Gasteiger partial charge in [-0.3, -0.25) is 4.79 Å². The van der Waals surface area contributed by atoms with Gasteiger partial charge >= 0.3 is 0 Å². The number of hydrogen-bond acceptors (Lipinski definition) is 5. The molecule has 0 spiro atoms. The molecule has 0 saturated carbocycles. The van der Waals surface area contributed by atoms with Crippen LogP contribution in [0.25, 0.3) is 0 Å². The molecule has 1 rings (SSSR count). The Labute approximate surface area is 201 Å². The highest BCUT2D eigenvalue weighted by Crippen LogP contribution is 2.25. The molecule has 0 aliphatic rings. The van der Waals surface area contributed by atoms with Crippen molar-refractivity contribution in [1.29, 1.82) is 0 Å². The topological polar surface area (TPSA) is 76.0 Å². The Balaban J connectivity index is 2.32. The zero-order valence-corrected chi connectivity index (χ0v) is 21.2. The molecule has 0 aliphatic carbocycles. The summed E-state index contributed by atoms with van der Waals surface area (Å²) in [4.78, 5) is 12.9. The first kappa shape index (κ1) is 29.6. The molecule has 5 heteroatoms. The van der Waals surface area contributed by atoms with Gasteiger partial charge in [-0.25, -0.2) is 0 Å². The van der Waals surface area contributed by atoms with Crippen molar-refractivity contribution < 1.29 is 24.5 Å². The van der Waals surface area contributed by atoms with Gasteiger partial charge < -0.3 is 19.7 Å². The maximum absolute atomic E-state index is 12.9. The molecule has 0 heterocycles. The number of unbranched alkanes of at least 4 members (excludes halogenated alkanes) is 10. The summed E-state index contributed by atoms with van der Waals surface area (Å²) in [5, 5.41) is 19.8. The van der Waals surface area contributed by atoms with Gasteiger partial charge in [0, 0.05) is 12.8 Å². The predicted molar refractivity (Wildman–Crippen MR) is 135 cm³/mol. The fraction of sp³-hybridized carbons (Fsp3) is 0.750. The van der Waals surface area contributed by atoms with E-state index in [1.165, 1.54) is 57.8 Å². The number of Topliss-reactive ketones (excluding diaryl/α,β-unsaturated/α-hetero) is 1. The second-order valence-electron chi connectivity index (χ2n) is 9.20. The summed E-state index contributed by atoms with van der Waals surface area (Å²) in [5.74, 6) is 0.674. The number of rotatable bonds is 22.